The number of Topliss-reactive ketones (excluding diaryl/α,β-unsaturated/α-hetero) is 1. The van der Waals surface area contributed by atoms with E-state index in [1.807, 2.05) is 49.4 Å². The highest BCUT2D eigenvalue weighted by molar-refractivity contribution is 6.04. The highest BCUT2D eigenvalue weighted by Crippen LogP contribution is 2.46. The first kappa shape index (κ1) is 21.0. The Bertz CT molecular complexity index is 1050. The summed E-state index contributed by atoms with van der Waals surface area (Å²) in [6, 6.07) is 13.7. The van der Waals surface area contributed by atoms with E-state index in [-0.39, 0.29) is 23.8 Å². The van der Waals surface area contributed by atoms with Crippen LogP contribution in [0.25, 0.3) is 0 Å². The molecule has 2 aromatic rings. The standard InChI is InChI=1S/C26H28N2O3/c1-17-22(25(30)31-14-11-18-7-5-4-6-8-18)23(19-9-12-27-13-10-19)24-20(28-17)15-26(2,3)16-21(24)29/h4-10,12-13,23,28H,11,14-16H2,1-3H3/t23-/m1/s1. The van der Waals surface area contributed by atoms with Gasteiger partial charge in [-0.1, -0.05) is 44.2 Å². The van der Waals surface area contributed by atoms with Crippen molar-refractivity contribution in [2.45, 2.75) is 46.0 Å². The molecule has 1 aromatic heterocycles. The molecule has 160 valence electrons. The summed E-state index contributed by atoms with van der Waals surface area (Å²) in [5.41, 5.74) is 4.74. The fourth-order valence-electron chi connectivity index (χ4n) is 4.58. The molecule has 1 aromatic carbocycles. The van der Waals surface area contributed by atoms with E-state index in [0.29, 0.717) is 24.0 Å². The van der Waals surface area contributed by atoms with Crippen molar-refractivity contribution in [3.8, 4) is 0 Å². The van der Waals surface area contributed by atoms with Gasteiger partial charge in [-0.15, -0.1) is 0 Å². The van der Waals surface area contributed by atoms with Gasteiger partial charge in [-0.25, -0.2) is 4.79 Å². The molecular formula is C26H28N2O3. The van der Waals surface area contributed by atoms with Crippen LogP contribution < -0.4 is 5.32 Å². The third-order valence-electron chi connectivity index (χ3n) is 5.97. The zero-order chi connectivity index (χ0) is 22.0. The number of rotatable bonds is 5. The number of carbonyl (C=O) groups excluding carboxylic acids is 2. The molecule has 4 rings (SSSR count). The SMILES string of the molecule is CC1=C(C(=O)OCCc2ccccc2)[C@@H](c2ccncc2)C2=C(CC(C)(C)CC2=O)N1. The van der Waals surface area contributed by atoms with Crippen molar-refractivity contribution in [2.75, 3.05) is 6.61 Å². The third kappa shape index (κ3) is 4.46. The minimum Gasteiger partial charge on any atom is -0.462 e. The summed E-state index contributed by atoms with van der Waals surface area (Å²) in [5, 5.41) is 3.37. The molecule has 1 atom stereocenters. The van der Waals surface area contributed by atoms with Gasteiger partial charge in [0.15, 0.2) is 5.78 Å². The number of hydrogen-bond donors (Lipinski definition) is 1. The lowest BCUT2D eigenvalue weighted by Gasteiger charge is -2.39. The van der Waals surface area contributed by atoms with Crippen LogP contribution in [0.5, 0.6) is 0 Å². The van der Waals surface area contributed by atoms with Gasteiger partial charge in [0, 0.05) is 48.1 Å². The molecule has 0 unspecified atom stereocenters. The van der Waals surface area contributed by atoms with Crippen molar-refractivity contribution < 1.29 is 14.3 Å². The molecule has 0 amide bonds. The third-order valence-corrected chi connectivity index (χ3v) is 5.97. The van der Waals surface area contributed by atoms with E-state index in [1.165, 1.54) is 0 Å². The van der Waals surface area contributed by atoms with Crippen molar-refractivity contribution in [1.82, 2.24) is 10.3 Å². The second-order valence-corrected chi connectivity index (χ2v) is 9.08. The highest BCUT2D eigenvalue weighted by Gasteiger charge is 2.43. The van der Waals surface area contributed by atoms with E-state index in [0.717, 1.165) is 28.9 Å². The largest absolute Gasteiger partial charge is 0.462 e. The molecule has 2 heterocycles. The summed E-state index contributed by atoms with van der Waals surface area (Å²) in [6.45, 7) is 6.38. The fourth-order valence-corrected chi connectivity index (χ4v) is 4.58. The zero-order valence-electron chi connectivity index (χ0n) is 18.3. The number of pyridine rings is 1. The molecule has 0 fully saturated rings. The monoisotopic (exact) mass is 416 g/mol. The van der Waals surface area contributed by atoms with Crippen LogP contribution >= 0.6 is 0 Å². The number of hydrogen-bond acceptors (Lipinski definition) is 5. The number of ether oxygens (including phenoxy) is 1. The molecule has 5 nitrogen and oxygen atoms in total. The predicted molar refractivity (Wildman–Crippen MR) is 119 cm³/mol. The Labute approximate surface area is 183 Å². The average Bonchev–Trinajstić information content (AvgIpc) is 2.73. The zero-order valence-corrected chi connectivity index (χ0v) is 18.3. The van der Waals surface area contributed by atoms with E-state index < -0.39 is 5.92 Å². The van der Waals surface area contributed by atoms with Crippen molar-refractivity contribution in [3.05, 3.63) is 88.5 Å². The number of carbonyl (C=O) groups is 2. The fraction of sp³-hybridized carbons (Fsp3) is 0.346. The lowest BCUT2D eigenvalue weighted by atomic mass is 9.68. The molecule has 1 N–H and O–H groups in total. The number of allylic oxidation sites excluding steroid dienone is 3. The van der Waals surface area contributed by atoms with Crippen molar-refractivity contribution in [1.29, 1.82) is 0 Å². The van der Waals surface area contributed by atoms with Crippen molar-refractivity contribution >= 4 is 11.8 Å². The Morgan fingerprint density at radius 3 is 2.55 bits per heavy atom. The van der Waals surface area contributed by atoms with Gasteiger partial charge in [-0.2, -0.15) is 0 Å². The first-order valence-electron chi connectivity index (χ1n) is 10.7. The summed E-state index contributed by atoms with van der Waals surface area (Å²) < 4.78 is 5.68. The quantitative estimate of drug-likeness (QED) is 0.729. The van der Waals surface area contributed by atoms with E-state index in [1.54, 1.807) is 12.4 Å². The first-order chi connectivity index (χ1) is 14.9. The maximum atomic E-state index is 13.2. The van der Waals surface area contributed by atoms with Crippen LogP contribution in [0.2, 0.25) is 0 Å². The number of nitrogens with zero attached hydrogens (tertiary/aromatic N) is 1. The maximum absolute atomic E-state index is 13.2. The summed E-state index contributed by atoms with van der Waals surface area (Å²) in [4.78, 5) is 30.5. The van der Waals surface area contributed by atoms with Crippen LogP contribution in [-0.4, -0.2) is 23.3 Å². The van der Waals surface area contributed by atoms with Gasteiger partial charge >= 0.3 is 5.97 Å². The van der Waals surface area contributed by atoms with Crippen LogP contribution in [0.3, 0.4) is 0 Å². The average molecular weight is 417 g/mol. The number of aromatic nitrogens is 1. The molecular weight excluding hydrogens is 388 g/mol. The van der Waals surface area contributed by atoms with Crippen LogP contribution in [-0.2, 0) is 20.7 Å². The number of nitrogens with one attached hydrogen (secondary N) is 1. The molecule has 31 heavy (non-hydrogen) atoms. The highest BCUT2D eigenvalue weighted by atomic mass is 16.5. The van der Waals surface area contributed by atoms with Crippen molar-refractivity contribution in [2.24, 2.45) is 5.41 Å². The van der Waals surface area contributed by atoms with E-state index in [4.69, 9.17) is 4.74 Å². The first-order valence-corrected chi connectivity index (χ1v) is 10.7. The van der Waals surface area contributed by atoms with Crippen LogP contribution in [0, 0.1) is 5.41 Å². The van der Waals surface area contributed by atoms with Crippen molar-refractivity contribution in [3.63, 3.8) is 0 Å². The summed E-state index contributed by atoms with van der Waals surface area (Å²) >= 11 is 0. The summed E-state index contributed by atoms with van der Waals surface area (Å²) in [7, 11) is 0. The van der Waals surface area contributed by atoms with E-state index >= 15 is 0 Å². The molecule has 0 bridgehead atoms. The Morgan fingerprint density at radius 2 is 1.84 bits per heavy atom. The molecule has 0 saturated heterocycles. The number of benzene rings is 1. The molecule has 1 aliphatic carbocycles. The normalized spacial score (nSPS) is 20.2. The number of esters is 1. The lowest BCUT2D eigenvalue weighted by molar-refractivity contribution is -0.139. The van der Waals surface area contributed by atoms with Crippen LogP contribution in [0.1, 0.15) is 50.7 Å². The topological polar surface area (TPSA) is 68.3 Å². The smallest absolute Gasteiger partial charge is 0.336 e. The minimum absolute atomic E-state index is 0.0858. The number of dihydropyridines is 1. The summed E-state index contributed by atoms with van der Waals surface area (Å²) in [6.07, 6.45) is 5.27. The molecule has 0 saturated carbocycles. The van der Waals surface area contributed by atoms with Gasteiger partial charge in [-0.3, -0.25) is 9.78 Å². The van der Waals surface area contributed by atoms with Gasteiger partial charge in [0.25, 0.3) is 0 Å². The van der Waals surface area contributed by atoms with Gasteiger partial charge in [-0.05, 0) is 42.0 Å². The van der Waals surface area contributed by atoms with Gasteiger partial charge in [0.2, 0.25) is 0 Å². The lowest BCUT2D eigenvalue weighted by Crippen LogP contribution is -2.38. The Balaban J connectivity index is 1.64. The minimum atomic E-state index is -0.438. The Hall–Kier alpha value is -3.21. The van der Waals surface area contributed by atoms with Gasteiger partial charge in [0.1, 0.15) is 0 Å². The predicted octanol–water partition coefficient (Wildman–Crippen LogP) is 4.47. The van der Waals surface area contributed by atoms with E-state index in [9.17, 15) is 9.59 Å². The molecule has 0 radical (unpaired) electrons. The Kier molecular flexibility index (Phi) is 5.77. The number of ketones is 1. The molecule has 1 aliphatic heterocycles. The van der Waals surface area contributed by atoms with E-state index in [2.05, 4.69) is 24.1 Å². The molecule has 5 heteroatoms. The second-order valence-electron chi connectivity index (χ2n) is 9.08. The van der Waals surface area contributed by atoms with Crippen LogP contribution in [0.15, 0.2) is 77.4 Å². The molecule has 0 spiro atoms. The van der Waals surface area contributed by atoms with Gasteiger partial charge < -0.3 is 10.1 Å². The second kappa shape index (κ2) is 8.50. The van der Waals surface area contributed by atoms with Gasteiger partial charge in [0.05, 0.1) is 12.2 Å². The maximum Gasteiger partial charge on any atom is 0.336 e. The molecule has 2 aliphatic rings. The van der Waals surface area contributed by atoms with Crippen LogP contribution in [0.4, 0.5) is 0 Å². The Morgan fingerprint density at radius 1 is 1.13 bits per heavy atom. The summed E-state index contributed by atoms with van der Waals surface area (Å²) in [5.74, 6) is -0.735.